The predicted octanol–water partition coefficient (Wildman–Crippen LogP) is 2.71. The van der Waals surface area contributed by atoms with Crippen LogP contribution >= 0.6 is 0 Å². The van der Waals surface area contributed by atoms with Crippen LogP contribution in [0.1, 0.15) is 43.9 Å². The van der Waals surface area contributed by atoms with Crippen molar-refractivity contribution in [2.45, 2.75) is 18.9 Å². The van der Waals surface area contributed by atoms with Crippen LogP contribution in [0.25, 0.3) is 0 Å². The molecule has 4 amide bonds. The molecule has 168 valence electrons. The first-order valence-electron chi connectivity index (χ1n) is 9.60. The fourth-order valence-corrected chi connectivity index (χ4v) is 3.45. The highest BCUT2D eigenvalue weighted by Crippen LogP contribution is 2.35. The van der Waals surface area contributed by atoms with E-state index in [1.807, 2.05) is 0 Å². The van der Waals surface area contributed by atoms with E-state index in [1.54, 1.807) is 0 Å². The molecule has 11 heteroatoms. The number of aromatic carboxylic acids is 1. The van der Waals surface area contributed by atoms with Gasteiger partial charge in [-0.15, -0.1) is 18.3 Å². The first-order chi connectivity index (χ1) is 15.8. The molecular formula is C22H18N4O7. The fraction of sp³-hybridized carbons (Fsp3) is 0.136. The van der Waals surface area contributed by atoms with Gasteiger partial charge in [0.2, 0.25) is 11.8 Å². The van der Waals surface area contributed by atoms with Crippen LogP contribution < -0.4 is 5.32 Å². The largest absolute Gasteiger partial charge is 0.507 e. The van der Waals surface area contributed by atoms with Crippen molar-refractivity contribution >= 4 is 41.0 Å². The van der Waals surface area contributed by atoms with Gasteiger partial charge in [0.1, 0.15) is 17.4 Å². The van der Waals surface area contributed by atoms with E-state index < -0.39 is 41.4 Å². The molecule has 4 rings (SSSR count). The van der Waals surface area contributed by atoms with Crippen LogP contribution in [0.15, 0.2) is 59.8 Å². The Morgan fingerprint density at radius 3 is 2.45 bits per heavy atom. The number of carbonyl (C=O) groups excluding carboxylic acids is 4. The zero-order valence-corrected chi connectivity index (χ0v) is 17.1. The summed E-state index contributed by atoms with van der Waals surface area (Å²) in [7, 11) is 0. The molecule has 2 aromatic carbocycles. The molecule has 1 unspecified atom stereocenters. The van der Waals surface area contributed by atoms with Crippen molar-refractivity contribution < 1.29 is 34.2 Å². The number of imide groups is 2. The monoisotopic (exact) mass is 450 g/mol. The van der Waals surface area contributed by atoms with Gasteiger partial charge < -0.3 is 10.2 Å². The Kier molecular flexibility index (Phi) is 6.43. The van der Waals surface area contributed by atoms with Crippen LogP contribution in [-0.4, -0.2) is 50.8 Å². The van der Waals surface area contributed by atoms with Crippen LogP contribution in [0.4, 0.5) is 11.4 Å². The maximum atomic E-state index is 13.0. The number of hydrogen-bond donors (Lipinski definition) is 3. The number of nitrogens with one attached hydrogen (secondary N) is 1. The van der Waals surface area contributed by atoms with E-state index in [2.05, 4.69) is 28.7 Å². The second kappa shape index (κ2) is 9.22. The number of fused-ring (bicyclic) bond motifs is 1. The number of azo groups is 1. The third-order valence-electron chi connectivity index (χ3n) is 4.93. The van der Waals surface area contributed by atoms with Crippen molar-refractivity contribution in [1.29, 1.82) is 0 Å². The quantitative estimate of drug-likeness (QED) is 0.366. The topological polar surface area (TPSA) is 166 Å². The molecule has 2 heterocycles. The van der Waals surface area contributed by atoms with E-state index in [1.165, 1.54) is 24.3 Å². The summed E-state index contributed by atoms with van der Waals surface area (Å²) < 4.78 is 0. The Hall–Kier alpha value is -4.67. The van der Waals surface area contributed by atoms with Crippen LogP contribution in [-0.2, 0) is 9.59 Å². The molecule has 11 nitrogen and oxygen atoms in total. The van der Waals surface area contributed by atoms with E-state index in [-0.39, 0.29) is 40.9 Å². The smallest absolute Gasteiger partial charge is 0.339 e. The lowest BCUT2D eigenvalue weighted by Gasteiger charge is -2.27. The highest BCUT2D eigenvalue weighted by Gasteiger charge is 2.45. The summed E-state index contributed by atoms with van der Waals surface area (Å²) >= 11 is 0. The number of piperidine rings is 1. The van der Waals surface area contributed by atoms with Crippen molar-refractivity contribution in [3.05, 3.63) is 66.2 Å². The number of benzene rings is 2. The Bertz CT molecular complexity index is 1220. The van der Waals surface area contributed by atoms with Crippen molar-refractivity contribution in [3.8, 4) is 5.75 Å². The second-order valence-corrected chi connectivity index (χ2v) is 6.85. The maximum Gasteiger partial charge on any atom is 0.339 e. The van der Waals surface area contributed by atoms with E-state index in [0.29, 0.717) is 0 Å². The molecule has 33 heavy (non-hydrogen) atoms. The molecule has 0 saturated carbocycles. The van der Waals surface area contributed by atoms with Gasteiger partial charge >= 0.3 is 5.97 Å². The summed E-state index contributed by atoms with van der Waals surface area (Å²) in [5, 5.41) is 28.7. The minimum Gasteiger partial charge on any atom is -0.507 e. The van der Waals surface area contributed by atoms with E-state index >= 15 is 0 Å². The van der Waals surface area contributed by atoms with Gasteiger partial charge in [-0.2, -0.15) is 5.11 Å². The molecule has 3 N–H and O–H groups in total. The summed E-state index contributed by atoms with van der Waals surface area (Å²) in [6, 6.07) is 6.83. The lowest BCUT2D eigenvalue weighted by molar-refractivity contribution is -0.136. The summed E-state index contributed by atoms with van der Waals surface area (Å²) in [6.45, 7) is 6.00. The number of phenols is 1. The van der Waals surface area contributed by atoms with Gasteiger partial charge in [0.25, 0.3) is 11.8 Å². The van der Waals surface area contributed by atoms with E-state index in [4.69, 9.17) is 5.11 Å². The number of carboxylic acid groups (broad SMARTS) is 1. The van der Waals surface area contributed by atoms with Gasteiger partial charge in [0.15, 0.2) is 0 Å². The van der Waals surface area contributed by atoms with Crippen LogP contribution in [0.5, 0.6) is 5.75 Å². The molecule has 0 aliphatic carbocycles. The number of rotatable bonds is 4. The molecule has 1 atom stereocenters. The van der Waals surface area contributed by atoms with Crippen LogP contribution in [0.3, 0.4) is 0 Å². The van der Waals surface area contributed by atoms with Gasteiger partial charge in [-0.1, -0.05) is 6.07 Å². The number of hydrogen-bond acceptors (Lipinski definition) is 8. The molecule has 0 spiro atoms. The summed E-state index contributed by atoms with van der Waals surface area (Å²) in [5.74, 6) is -4.39. The Balaban J connectivity index is 0.00000149. The van der Waals surface area contributed by atoms with E-state index in [0.717, 1.165) is 17.0 Å². The summed E-state index contributed by atoms with van der Waals surface area (Å²) in [5.41, 5.74) is -0.214. The van der Waals surface area contributed by atoms with Gasteiger partial charge in [0, 0.05) is 6.42 Å². The van der Waals surface area contributed by atoms with Gasteiger partial charge in [-0.05, 0) is 36.8 Å². The fourth-order valence-electron chi connectivity index (χ4n) is 3.45. The van der Waals surface area contributed by atoms with Crippen molar-refractivity contribution in [2.75, 3.05) is 0 Å². The summed E-state index contributed by atoms with van der Waals surface area (Å²) in [6.07, 6.45) is 0.0294. The SMILES string of the molecule is C=C.O=C1CCC(N2C(=O)c3cccc(N=Nc4ccc(O)c(C(=O)O)c4)c3C2=O)C(=O)N1. The van der Waals surface area contributed by atoms with Crippen LogP contribution in [0, 0.1) is 0 Å². The minimum absolute atomic E-state index is 0.00312. The van der Waals surface area contributed by atoms with Gasteiger partial charge in [-0.25, -0.2) is 4.79 Å². The highest BCUT2D eigenvalue weighted by molar-refractivity contribution is 6.25. The first-order valence-corrected chi connectivity index (χ1v) is 9.60. The molecule has 1 saturated heterocycles. The number of carbonyl (C=O) groups is 5. The average molecular weight is 450 g/mol. The predicted molar refractivity (Wildman–Crippen MR) is 114 cm³/mol. The zero-order valence-electron chi connectivity index (χ0n) is 17.1. The Morgan fingerprint density at radius 1 is 1.06 bits per heavy atom. The average Bonchev–Trinajstić information content (AvgIpc) is 3.05. The van der Waals surface area contributed by atoms with Gasteiger partial charge in [0.05, 0.1) is 22.5 Å². The molecular weight excluding hydrogens is 432 g/mol. The number of amides is 4. The number of carboxylic acids is 1. The third-order valence-corrected chi connectivity index (χ3v) is 4.93. The summed E-state index contributed by atoms with van der Waals surface area (Å²) in [4.78, 5) is 61.3. The maximum absolute atomic E-state index is 13.0. The van der Waals surface area contributed by atoms with E-state index in [9.17, 15) is 29.1 Å². The van der Waals surface area contributed by atoms with Crippen LogP contribution in [0.2, 0.25) is 0 Å². The number of aromatic hydroxyl groups is 1. The molecule has 2 aromatic rings. The Morgan fingerprint density at radius 2 is 1.79 bits per heavy atom. The second-order valence-electron chi connectivity index (χ2n) is 6.85. The van der Waals surface area contributed by atoms with Crippen molar-refractivity contribution in [2.24, 2.45) is 10.2 Å². The first kappa shape index (κ1) is 23.0. The third kappa shape index (κ3) is 4.24. The van der Waals surface area contributed by atoms with Crippen molar-refractivity contribution in [3.63, 3.8) is 0 Å². The molecule has 2 aliphatic rings. The standard InChI is InChI=1S/C20H14N4O7.C2H4/c25-14-6-4-9(8-11(14)20(30)31)22-23-12-3-1-2-10-16(12)19(29)24(18(10)28)13-5-7-15(26)21-17(13)27;1-2/h1-4,6,8,13,25H,5,7H2,(H,30,31)(H,21,26,27);1-2H2. The molecule has 0 bridgehead atoms. The lowest BCUT2D eigenvalue weighted by Crippen LogP contribution is -2.54. The molecule has 0 radical (unpaired) electrons. The normalized spacial score (nSPS) is 17.5. The van der Waals surface area contributed by atoms with Gasteiger partial charge in [-0.3, -0.25) is 29.4 Å². The molecule has 1 fully saturated rings. The Labute approximate surface area is 187 Å². The molecule has 0 aromatic heterocycles. The van der Waals surface area contributed by atoms with Crippen molar-refractivity contribution in [1.82, 2.24) is 10.2 Å². The number of nitrogens with zero attached hydrogens (tertiary/aromatic N) is 3. The lowest BCUT2D eigenvalue weighted by atomic mass is 10.0. The highest BCUT2D eigenvalue weighted by atomic mass is 16.4. The minimum atomic E-state index is -1.35. The zero-order chi connectivity index (χ0) is 24.3. The molecule has 2 aliphatic heterocycles.